The van der Waals surface area contributed by atoms with Crippen molar-refractivity contribution in [2.75, 3.05) is 34.8 Å². The Labute approximate surface area is 192 Å². The molecule has 1 heterocycles. The van der Waals surface area contributed by atoms with E-state index in [0.717, 1.165) is 48.5 Å². The van der Waals surface area contributed by atoms with Gasteiger partial charge in [-0.05, 0) is 49.4 Å². The summed E-state index contributed by atoms with van der Waals surface area (Å²) >= 11 is 7.87. The Bertz CT molecular complexity index is 1100. The molecule has 174 valence electrons. The fourth-order valence-corrected chi connectivity index (χ4v) is 5.41. The van der Waals surface area contributed by atoms with Crippen molar-refractivity contribution in [2.24, 2.45) is 0 Å². The lowest BCUT2D eigenvalue weighted by Gasteiger charge is -2.28. The van der Waals surface area contributed by atoms with Crippen molar-refractivity contribution in [2.45, 2.75) is 28.5 Å². The number of sulfone groups is 1. The van der Waals surface area contributed by atoms with Crippen LogP contribution >= 0.6 is 23.4 Å². The summed E-state index contributed by atoms with van der Waals surface area (Å²) in [4.78, 5) is 13.8. The zero-order chi connectivity index (χ0) is 23.7. The van der Waals surface area contributed by atoms with Gasteiger partial charge in [0.2, 0.25) is 15.4 Å². The largest absolute Gasteiger partial charge is 0.426 e. The van der Waals surface area contributed by atoms with Crippen molar-refractivity contribution in [1.29, 1.82) is 0 Å². The number of alkyl halides is 3. The number of anilines is 2. The minimum absolute atomic E-state index is 0.0282. The Hall–Kier alpha value is -1.95. The highest BCUT2D eigenvalue weighted by Crippen LogP contribution is 2.34. The summed E-state index contributed by atoms with van der Waals surface area (Å²) in [5, 5.41) is 11.0. The first-order valence-electron chi connectivity index (χ1n) is 9.42. The summed E-state index contributed by atoms with van der Waals surface area (Å²) in [7, 11) is -3.96. The molecule has 1 aliphatic heterocycles. The minimum atomic E-state index is -5.20. The minimum Gasteiger partial charge on any atom is -0.373 e. The Morgan fingerprint density at radius 3 is 2.19 bits per heavy atom. The van der Waals surface area contributed by atoms with Gasteiger partial charge >= 0.3 is 6.18 Å². The lowest BCUT2D eigenvalue weighted by atomic mass is 10.1. The lowest BCUT2D eigenvalue weighted by Crippen LogP contribution is -2.52. The molecule has 0 spiro atoms. The van der Waals surface area contributed by atoms with Crippen LogP contribution in [0.3, 0.4) is 0 Å². The third-order valence-corrected chi connectivity index (χ3v) is 8.04. The number of hydrogen-bond donors (Lipinski definition) is 2. The van der Waals surface area contributed by atoms with Crippen LogP contribution in [0, 0.1) is 0 Å². The van der Waals surface area contributed by atoms with Crippen molar-refractivity contribution in [3.05, 3.63) is 47.5 Å². The van der Waals surface area contributed by atoms with Crippen LogP contribution in [0.4, 0.5) is 24.5 Å². The average Bonchev–Trinajstić information content (AvgIpc) is 2.75. The van der Waals surface area contributed by atoms with E-state index < -0.39 is 27.5 Å². The molecule has 2 aromatic carbocycles. The predicted molar refractivity (Wildman–Crippen MR) is 118 cm³/mol. The molecule has 1 atom stereocenters. The molecule has 32 heavy (non-hydrogen) atoms. The molecule has 6 nitrogen and oxygen atoms in total. The van der Waals surface area contributed by atoms with E-state index in [1.165, 1.54) is 12.1 Å². The highest BCUT2D eigenvalue weighted by atomic mass is 35.5. The van der Waals surface area contributed by atoms with Crippen LogP contribution in [0.25, 0.3) is 0 Å². The van der Waals surface area contributed by atoms with E-state index in [4.69, 9.17) is 11.6 Å². The highest BCUT2D eigenvalue weighted by Gasteiger charge is 2.55. The third-order valence-electron chi connectivity index (χ3n) is 5.02. The molecule has 0 unspecified atom stereocenters. The maximum absolute atomic E-state index is 12.9. The van der Waals surface area contributed by atoms with Gasteiger partial charge in [-0.1, -0.05) is 11.6 Å². The molecule has 1 fully saturated rings. The normalized spacial score (nSPS) is 17.0. The van der Waals surface area contributed by atoms with Crippen LogP contribution in [0.2, 0.25) is 5.02 Å². The van der Waals surface area contributed by atoms with Gasteiger partial charge in [-0.15, -0.1) is 0 Å². The topological polar surface area (TPSA) is 86.7 Å². The van der Waals surface area contributed by atoms with Crippen molar-refractivity contribution in [3.63, 3.8) is 0 Å². The summed E-state index contributed by atoms with van der Waals surface area (Å²) in [6.45, 7) is 2.06. The maximum Gasteiger partial charge on any atom is 0.426 e. The van der Waals surface area contributed by atoms with Crippen LogP contribution < -0.4 is 10.2 Å². The number of nitrogens with zero attached hydrogens (tertiary/aromatic N) is 1. The van der Waals surface area contributed by atoms with Gasteiger partial charge in [0, 0.05) is 30.3 Å². The smallest absolute Gasteiger partial charge is 0.373 e. The number of benzene rings is 2. The number of thioether (sulfide) groups is 1. The fourth-order valence-electron chi connectivity index (χ4n) is 2.93. The number of hydrogen-bond acceptors (Lipinski definition) is 6. The fraction of sp³-hybridized carbons (Fsp3) is 0.350. The van der Waals surface area contributed by atoms with E-state index in [2.05, 4.69) is 4.90 Å². The van der Waals surface area contributed by atoms with E-state index in [1.54, 1.807) is 12.1 Å². The third kappa shape index (κ3) is 5.00. The molecule has 0 aromatic heterocycles. The van der Waals surface area contributed by atoms with E-state index in [1.807, 2.05) is 17.1 Å². The van der Waals surface area contributed by atoms with Gasteiger partial charge in [-0.3, -0.25) is 4.79 Å². The summed E-state index contributed by atoms with van der Waals surface area (Å²) in [5.41, 5.74) is -2.99. The molecular formula is C20H20ClF3N2O4S2. The molecule has 1 aliphatic rings. The molecule has 1 saturated heterocycles. The van der Waals surface area contributed by atoms with Crippen molar-refractivity contribution in [1.82, 2.24) is 0 Å². The Morgan fingerprint density at radius 2 is 1.66 bits per heavy atom. The Morgan fingerprint density at radius 1 is 1.09 bits per heavy atom. The zero-order valence-corrected chi connectivity index (χ0v) is 19.2. The van der Waals surface area contributed by atoms with Gasteiger partial charge < -0.3 is 15.3 Å². The van der Waals surface area contributed by atoms with Crippen LogP contribution in [0.5, 0.6) is 0 Å². The second-order valence-corrected chi connectivity index (χ2v) is 10.8. The second-order valence-electron chi connectivity index (χ2n) is 7.26. The van der Waals surface area contributed by atoms with E-state index in [-0.39, 0.29) is 20.5 Å². The van der Waals surface area contributed by atoms with E-state index in [9.17, 15) is 31.5 Å². The quantitative estimate of drug-likeness (QED) is 0.635. The summed E-state index contributed by atoms with van der Waals surface area (Å²) < 4.78 is 64.3. The predicted octanol–water partition coefficient (Wildman–Crippen LogP) is 3.98. The molecule has 0 bridgehead atoms. The van der Waals surface area contributed by atoms with Gasteiger partial charge in [0.05, 0.1) is 20.5 Å². The van der Waals surface area contributed by atoms with Gasteiger partial charge in [0.1, 0.15) is 0 Å². The molecule has 12 heteroatoms. The highest BCUT2D eigenvalue weighted by molar-refractivity contribution is 7.99. The summed E-state index contributed by atoms with van der Waals surface area (Å²) in [6, 6.07) is 9.63. The number of rotatable bonds is 5. The molecule has 1 amide bonds. The molecule has 2 aromatic rings. The first kappa shape index (κ1) is 24.7. The van der Waals surface area contributed by atoms with E-state index >= 15 is 0 Å². The first-order chi connectivity index (χ1) is 14.8. The lowest BCUT2D eigenvalue weighted by molar-refractivity contribution is -0.242. The van der Waals surface area contributed by atoms with Gasteiger partial charge in [0.25, 0.3) is 5.91 Å². The first-order valence-corrected chi connectivity index (χ1v) is 12.4. The molecule has 2 N–H and O–H groups in total. The van der Waals surface area contributed by atoms with Crippen LogP contribution in [-0.2, 0) is 14.6 Å². The number of amides is 1. The van der Waals surface area contributed by atoms with E-state index in [0.29, 0.717) is 6.92 Å². The van der Waals surface area contributed by atoms with Crippen LogP contribution in [0.1, 0.15) is 6.92 Å². The average molecular weight is 509 g/mol. The summed E-state index contributed by atoms with van der Waals surface area (Å²) in [5.74, 6) is 0.258. The molecular weight excluding hydrogens is 489 g/mol. The molecule has 0 aliphatic carbocycles. The molecule has 0 radical (unpaired) electrons. The monoisotopic (exact) mass is 508 g/mol. The standard InChI is InChI=1S/C20H20ClF3N2O4S2/c1-19(28,20(22,23)24)18(27)25-17-7-6-15(12-16(17)21)32(29,30)14-4-2-13(3-5-14)26-8-10-31-11-9-26/h2-7,12,28H,8-11H2,1H3,(H,25,27)/t19-/m1/s1. The number of halogens is 4. The summed E-state index contributed by atoms with van der Waals surface area (Å²) in [6.07, 6.45) is -5.20. The zero-order valence-electron chi connectivity index (χ0n) is 16.8. The Balaban J connectivity index is 1.81. The second kappa shape index (κ2) is 9.12. The SMILES string of the molecule is C[C@@](O)(C(=O)Nc1ccc(S(=O)(=O)c2ccc(N3CCSCC3)cc2)cc1Cl)C(F)(F)F. The van der Waals surface area contributed by atoms with Gasteiger partial charge in [0.15, 0.2) is 0 Å². The van der Waals surface area contributed by atoms with Crippen molar-refractivity contribution < 1.29 is 31.5 Å². The number of carbonyl (C=O) groups is 1. The van der Waals surface area contributed by atoms with Gasteiger partial charge in [-0.2, -0.15) is 24.9 Å². The number of nitrogens with one attached hydrogen (secondary N) is 1. The Kier molecular flexibility index (Phi) is 7.04. The van der Waals surface area contributed by atoms with Gasteiger partial charge in [-0.25, -0.2) is 8.42 Å². The van der Waals surface area contributed by atoms with Crippen LogP contribution in [0.15, 0.2) is 52.3 Å². The molecule has 3 rings (SSSR count). The number of carbonyl (C=O) groups excluding carboxylic acids is 1. The van der Waals surface area contributed by atoms with Crippen LogP contribution in [-0.4, -0.2) is 55.8 Å². The van der Waals surface area contributed by atoms with Crippen molar-refractivity contribution in [3.8, 4) is 0 Å². The number of aliphatic hydroxyl groups is 1. The van der Waals surface area contributed by atoms with Crippen molar-refractivity contribution >= 4 is 50.5 Å². The maximum atomic E-state index is 12.9. The molecule has 0 saturated carbocycles.